The van der Waals surface area contributed by atoms with E-state index in [9.17, 15) is 22.8 Å². The number of sulfonamides is 1. The smallest absolute Gasteiger partial charge is 0.324 e. The highest BCUT2D eigenvalue weighted by atomic mass is 32.2. The van der Waals surface area contributed by atoms with E-state index in [2.05, 4.69) is 10.6 Å². The Morgan fingerprint density at radius 2 is 1.77 bits per heavy atom. The van der Waals surface area contributed by atoms with Crippen LogP contribution in [0.25, 0.3) is 0 Å². The van der Waals surface area contributed by atoms with E-state index in [0.717, 1.165) is 37.0 Å². The van der Waals surface area contributed by atoms with Crippen molar-refractivity contribution in [3.63, 3.8) is 0 Å². The maximum absolute atomic E-state index is 13.2. The Labute approximate surface area is 204 Å². The Hall–Kier alpha value is -3.24. The number of anilines is 1. The molecule has 0 spiro atoms. The second-order valence-corrected chi connectivity index (χ2v) is 11.4. The van der Waals surface area contributed by atoms with Gasteiger partial charge in [-0.3, -0.25) is 14.5 Å². The Morgan fingerprint density at radius 1 is 1.03 bits per heavy atom. The number of urea groups is 1. The van der Waals surface area contributed by atoms with Gasteiger partial charge in [0.1, 0.15) is 12.1 Å². The lowest BCUT2D eigenvalue weighted by Gasteiger charge is -2.23. The van der Waals surface area contributed by atoms with Gasteiger partial charge in [0.25, 0.3) is 5.91 Å². The molecule has 5 rings (SSSR count). The maximum atomic E-state index is 13.2. The minimum Gasteiger partial charge on any atom is -0.324 e. The van der Waals surface area contributed by atoms with Gasteiger partial charge in [0.2, 0.25) is 15.9 Å². The van der Waals surface area contributed by atoms with Gasteiger partial charge in [-0.1, -0.05) is 24.3 Å². The molecule has 2 aromatic rings. The lowest BCUT2D eigenvalue weighted by molar-refractivity contribution is -0.133. The largest absolute Gasteiger partial charge is 0.325 e. The molecule has 10 heteroatoms. The summed E-state index contributed by atoms with van der Waals surface area (Å²) >= 11 is 0. The first-order chi connectivity index (χ1) is 16.7. The summed E-state index contributed by atoms with van der Waals surface area (Å²) in [5.41, 5.74) is 2.17. The molecular weight excluding hydrogens is 468 g/mol. The molecule has 0 bridgehead atoms. The fraction of sp³-hybridized carbons (Fsp3) is 0.400. The molecule has 2 aliphatic heterocycles. The predicted molar refractivity (Wildman–Crippen MR) is 129 cm³/mol. The summed E-state index contributed by atoms with van der Waals surface area (Å²) < 4.78 is 27.1. The number of hydrogen-bond donors (Lipinski definition) is 2. The molecule has 2 aromatic carbocycles. The molecule has 1 aliphatic carbocycles. The monoisotopic (exact) mass is 496 g/mol. The number of aryl methyl sites for hydroxylation is 2. The number of amides is 4. The summed E-state index contributed by atoms with van der Waals surface area (Å²) in [7, 11) is -3.63. The first-order valence-corrected chi connectivity index (χ1v) is 13.3. The van der Waals surface area contributed by atoms with E-state index >= 15 is 0 Å². The molecule has 2 heterocycles. The van der Waals surface area contributed by atoms with E-state index in [1.807, 2.05) is 18.2 Å². The summed E-state index contributed by atoms with van der Waals surface area (Å²) in [6.07, 6.45) is 4.68. The van der Waals surface area contributed by atoms with Gasteiger partial charge in [-0.05, 0) is 73.9 Å². The number of imide groups is 1. The molecule has 1 atom stereocenters. The lowest BCUT2D eigenvalue weighted by Crippen LogP contribution is -2.42. The highest BCUT2D eigenvalue weighted by Gasteiger charge is 2.49. The highest BCUT2D eigenvalue weighted by Crippen LogP contribution is 2.32. The van der Waals surface area contributed by atoms with Crippen LogP contribution in [0.15, 0.2) is 47.4 Å². The fourth-order valence-electron chi connectivity index (χ4n) is 5.08. The molecule has 2 saturated heterocycles. The third-order valence-corrected chi connectivity index (χ3v) is 8.97. The van der Waals surface area contributed by atoms with Crippen molar-refractivity contribution in [2.45, 2.75) is 49.5 Å². The van der Waals surface area contributed by atoms with Gasteiger partial charge in [-0.15, -0.1) is 0 Å². The van der Waals surface area contributed by atoms with Crippen molar-refractivity contribution in [1.82, 2.24) is 14.5 Å². The number of hydrogen-bond acceptors (Lipinski definition) is 5. The number of fused-ring (bicyclic) bond motifs is 1. The minimum absolute atomic E-state index is 0.0939. The van der Waals surface area contributed by atoms with Crippen molar-refractivity contribution in [2.75, 3.05) is 25.0 Å². The zero-order valence-corrected chi connectivity index (χ0v) is 20.4. The first kappa shape index (κ1) is 23.5. The van der Waals surface area contributed by atoms with E-state index < -0.39 is 40.0 Å². The van der Waals surface area contributed by atoms with E-state index in [1.54, 1.807) is 19.1 Å². The molecule has 0 saturated carbocycles. The van der Waals surface area contributed by atoms with Gasteiger partial charge >= 0.3 is 6.03 Å². The van der Waals surface area contributed by atoms with E-state index in [0.29, 0.717) is 18.7 Å². The first-order valence-electron chi connectivity index (χ1n) is 11.8. The van der Waals surface area contributed by atoms with E-state index in [4.69, 9.17) is 0 Å². The molecule has 4 amide bonds. The minimum atomic E-state index is -3.63. The third-order valence-electron chi connectivity index (χ3n) is 7.07. The zero-order valence-electron chi connectivity index (χ0n) is 19.5. The van der Waals surface area contributed by atoms with Crippen molar-refractivity contribution in [3.8, 4) is 0 Å². The second kappa shape index (κ2) is 8.76. The zero-order chi connectivity index (χ0) is 24.8. The number of nitrogens with one attached hydrogen (secondary N) is 2. The van der Waals surface area contributed by atoms with Crippen molar-refractivity contribution < 1.29 is 22.8 Å². The average molecular weight is 497 g/mol. The van der Waals surface area contributed by atoms with Crippen LogP contribution in [0, 0.1) is 0 Å². The molecule has 0 aromatic heterocycles. The summed E-state index contributed by atoms with van der Waals surface area (Å²) in [5, 5.41) is 5.36. The summed E-state index contributed by atoms with van der Waals surface area (Å²) in [6.45, 7) is 2.13. The second-order valence-electron chi connectivity index (χ2n) is 9.47. The van der Waals surface area contributed by atoms with Crippen LogP contribution in [-0.4, -0.2) is 55.1 Å². The number of nitrogens with zero attached hydrogens (tertiary/aromatic N) is 2. The molecule has 2 fully saturated rings. The Bertz CT molecular complexity index is 1320. The number of benzene rings is 2. The van der Waals surface area contributed by atoms with Gasteiger partial charge < -0.3 is 10.6 Å². The Morgan fingerprint density at radius 3 is 2.54 bits per heavy atom. The molecule has 0 radical (unpaired) electrons. The van der Waals surface area contributed by atoms with Gasteiger partial charge in [0, 0.05) is 18.8 Å². The van der Waals surface area contributed by atoms with Crippen LogP contribution in [-0.2, 0) is 38.0 Å². The van der Waals surface area contributed by atoms with E-state index in [-0.39, 0.29) is 10.6 Å². The van der Waals surface area contributed by atoms with E-state index in [1.165, 1.54) is 27.6 Å². The summed E-state index contributed by atoms with van der Waals surface area (Å²) in [5.74, 6) is -1.09. The van der Waals surface area contributed by atoms with Gasteiger partial charge in [0.05, 0.1) is 4.90 Å². The standard InChI is InChI=1S/C25H28N4O5S/c1-25(19-11-10-17-6-4-7-18(17)14-19)23(31)29(24(32)27-25)16-22(30)26-20-8-5-9-21(15-20)35(33,34)28-12-2-3-13-28/h5,8-11,14-15H,2-4,6-7,12-13,16H2,1H3,(H,26,30)(H,27,32)/t25-/m1/s1. The quantitative estimate of drug-likeness (QED) is 0.596. The van der Waals surface area contributed by atoms with Crippen LogP contribution in [0.3, 0.4) is 0 Å². The number of rotatable bonds is 6. The number of carbonyl (C=O) groups is 3. The topological polar surface area (TPSA) is 116 Å². The molecule has 2 N–H and O–H groups in total. The maximum Gasteiger partial charge on any atom is 0.325 e. The third kappa shape index (κ3) is 4.21. The molecular formula is C25H28N4O5S. The summed E-state index contributed by atoms with van der Waals surface area (Å²) in [6, 6.07) is 11.2. The molecule has 9 nitrogen and oxygen atoms in total. The predicted octanol–water partition coefficient (Wildman–Crippen LogP) is 2.37. The highest BCUT2D eigenvalue weighted by molar-refractivity contribution is 7.89. The molecule has 35 heavy (non-hydrogen) atoms. The average Bonchev–Trinajstić information content (AvgIpc) is 3.57. The van der Waals surface area contributed by atoms with Gasteiger partial charge in [-0.2, -0.15) is 4.31 Å². The van der Waals surface area contributed by atoms with Crippen LogP contribution in [0.1, 0.15) is 42.9 Å². The van der Waals surface area contributed by atoms with Crippen LogP contribution >= 0.6 is 0 Å². The van der Waals surface area contributed by atoms with Crippen molar-refractivity contribution in [3.05, 3.63) is 59.2 Å². The summed E-state index contributed by atoms with van der Waals surface area (Å²) in [4.78, 5) is 39.6. The van der Waals surface area contributed by atoms with Crippen LogP contribution < -0.4 is 10.6 Å². The molecule has 3 aliphatic rings. The van der Waals surface area contributed by atoms with Crippen molar-refractivity contribution in [2.24, 2.45) is 0 Å². The molecule has 184 valence electrons. The van der Waals surface area contributed by atoms with Crippen LogP contribution in [0.4, 0.5) is 10.5 Å². The van der Waals surface area contributed by atoms with Crippen LogP contribution in [0.2, 0.25) is 0 Å². The van der Waals surface area contributed by atoms with Crippen LogP contribution in [0.5, 0.6) is 0 Å². The normalized spacial score (nSPS) is 22.4. The SMILES string of the molecule is C[C@]1(c2ccc3c(c2)CCC3)NC(=O)N(CC(=O)Nc2cccc(S(=O)(=O)N3CCCC3)c2)C1=O. The van der Waals surface area contributed by atoms with Gasteiger partial charge in [0.15, 0.2) is 0 Å². The molecule has 0 unspecified atom stereocenters. The van der Waals surface area contributed by atoms with Crippen molar-refractivity contribution >= 4 is 33.6 Å². The Balaban J connectivity index is 1.29. The van der Waals surface area contributed by atoms with Crippen molar-refractivity contribution in [1.29, 1.82) is 0 Å². The fourth-order valence-corrected chi connectivity index (χ4v) is 6.64. The Kier molecular flexibility index (Phi) is 5.88. The number of carbonyl (C=O) groups excluding carboxylic acids is 3. The lowest BCUT2D eigenvalue weighted by atomic mass is 9.89. The van der Waals surface area contributed by atoms with Gasteiger partial charge in [-0.25, -0.2) is 13.2 Å².